The number of hydrogen-bond donors (Lipinski definition) is 3. The first-order valence-corrected chi connectivity index (χ1v) is 16.7. The molecule has 0 saturated carbocycles. The SMILES string of the molecule is CNC(=O)C(CCC=O)N1Cc2c(C#CCCCc3c(F)cc(C(=O)Nc4cc5[nH]c(C6CCCN6C)cc5cn4)cc3F)cccc2C1=O. The summed E-state index contributed by atoms with van der Waals surface area (Å²) in [5.41, 5.74) is 3.39. The van der Waals surface area contributed by atoms with Crippen LogP contribution in [0.2, 0.25) is 0 Å². The minimum atomic E-state index is -0.819. The van der Waals surface area contributed by atoms with Crippen LogP contribution in [0.4, 0.5) is 14.6 Å². The molecule has 0 bridgehead atoms. The third-order valence-corrected chi connectivity index (χ3v) is 9.48. The molecule has 3 N–H and O–H groups in total. The van der Waals surface area contributed by atoms with E-state index < -0.39 is 23.6 Å². The molecule has 0 spiro atoms. The van der Waals surface area contributed by atoms with Gasteiger partial charge in [0.1, 0.15) is 29.8 Å². The zero-order chi connectivity index (χ0) is 35.4. The van der Waals surface area contributed by atoms with Crippen LogP contribution in [-0.2, 0) is 22.6 Å². The molecule has 2 atom stereocenters. The Morgan fingerprint density at radius 3 is 2.70 bits per heavy atom. The van der Waals surface area contributed by atoms with Crippen LogP contribution >= 0.6 is 0 Å². The third kappa shape index (κ3) is 7.14. The first-order valence-electron chi connectivity index (χ1n) is 16.7. The number of rotatable bonds is 11. The summed E-state index contributed by atoms with van der Waals surface area (Å²) in [5.74, 6) is 3.41. The summed E-state index contributed by atoms with van der Waals surface area (Å²) in [7, 11) is 3.57. The number of halogens is 2. The van der Waals surface area contributed by atoms with E-state index in [1.807, 2.05) is 0 Å². The van der Waals surface area contributed by atoms with Crippen molar-refractivity contribution in [3.63, 3.8) is 0 Å². The second kappa shape index (κ2) is 15.0. The van der Waals surface area contributed by atoms with Gasteiger partial charge >= 0.3 is 0 Å². The van der Waals surface area contributed by atoms with Crippen molar-refractivity contribution >= 4 is 40.7 Å². The van der Waals surface area contributed by atoms with E-state index in [1.165, 1.54) is 11.9 Å². The summed E-state index contributed by atoms with van der Waals surface area (Å²) >= 11 is 0. The first-order chi connectivity index (χ1) is 24.2. The van der Waals surface area contributed by atoms with Crippen LogP contribution in [0.15, 0.2) is 48.7 Å². The second-order valence-electron chi connectivity index (χ2n) is 12.7. The molecule has 258 valence electrons. The molecular weight excluding hydrogens is 642 g/mol. The number of H-pyrrole nitrogens is 1. The smallest absolute Gasteiger partial charge is 0.257 e. The molecule has 12 heteroatoms. The number of likely N-dealkylation sites (tertiary alicyclic amines) is 1. The molecule has 1 fully saturated rings. The molecule has 2 aromatic heterocycles. The Hall–Kier alpha value is -5.41. The van der Waals surface area contributed by atoms with E-state index in [2.05, 4.69) is 50.5 Å². The van der Waals surface area contributed by atoms with Crippen molar-refractivity contribution < 1.29 is 28.0 Å². The van der Waals surface area contributed by atoms with Gasteiger partial charge in [0.15, 0.2) is 0 Å². The van der Waals surface area contributed by atoms with Gasteiger partial charge < -0.3 is 25.3 Å². The summed E-state index contributed by atoms with van der Waals surface area (Å²) < 4.78 is 30.1. The number of amides is 3. The Morgan fingerprint density at radius 2 is 1.98 bits per heavy atom. The lowest BCUT2D eigenvalue weighted by molar-refractivity contribution is -0.125. The number of nitrogens with one attached hydrogen (secondary N) is 3. The van der Waals surface area contributed by atoms with Crippen molar-refractivity contribution in [2.24, 2.45) is 0 Å². The lowest BCUT2D eigenvalue weighted by atomic mass is 10.0. The van der Waals surface area contributed by atoms with E-state index in [4.69, 9.17) is 0 Å². The monoisotopic (exact) mass is 680 g/mol. The average molecular weight is 681 g/mol. The molecule has 0 aliphatic carbocycles. The predicted molar refractivity (Wildman–Crippen MR) is 184 cm³/mol. The van der Waals surface area contributed by atoms with Gasteiger partial charge in [-0.1, -0.05) is 17.9 Å². The van der Waals surface area contributed by atoms with Crippen LogP contribution in [0.1, 0.15) is 87.7 Å². The zero-order valence-electron chi connectivity index (χ0n) is 27.9. The van der Waals surface area contributed by atoms with Gasteiger partial charge in [-0.05, 0) is 81.6 Å². The molecule has 2 aliphatic heterocycles. The summed E-state index contributed by atoms with van der Waals surface area (Å²) in [6, 6.07) is 10.5. The van der Waals surface area contributed by atoms with Gasteiger partial charge in [-0.2, -0.15) is 0 Å². The number of likely N-dealkylation sites (N-methyl/N-ethyl adjacent to an activating group) is 1. The highest BCUT2D eigenvalue weighted by Crippen LogP contribution is 2.32. The molecule has 3 amide bonds. The standard InChI is InChI=1S/C38H38F2N6O4/c1-41-37(49)34(14-8-16-47)46-22-28-23(10-6-12-26(28)38(46)50)9-4-3-5-11-27-29(39)17-24(18-30(27)40)36(48)44-35-20-31-25(21-42-35)19-32(43-31)33-13-7-15-45(33)2/h6,10,12,16-21,33-34,43H,3,5,7-8,11,13-15,22H2,1-2H3,(H,41,49)(H,42,44,48). The third-order valence-electron chi connectivity index (χ3n) is 9.48. The molecule has 2 aliphatic rings. The summed E-state index contributed by atoms with van der Waals surface area (Å²) in [6.07, 6.45) is 5.68. The number of aldehydes is 1. The molecule has 4 aromatic rings. The number of benzene rings is 2. The second-order valence-corrected chi connectivity index (χ2v) is 12.7. The van der Waals surface area contributed by atoms with Crippen molar-refractivity contribution in [1.29, 1.82) is 0 Å². The highest BCUT2D eigenvalue weighted by molar-refractivity contribution is 6.04. The molecular formula is C38H38F2N6O4. The predicted octanol–water partition coefficient (Wildman–Crippen LogP) is 5.28. The number of nitrogens with zero attached hydrogens (tertiary/aromatic N) is 3. The number of carbonyl (C=O) groups is 4. The number of anilines is 1. The Labute approximate surface area is 288 Å². The molecule has 1 saturated heterocycles. The quantitative estimate of drug-likeness (QED) is 0.112. The van der Waals surface area contributed by atoms with Gasteiger partial charge in [-0.3, -0.25) is 19.3 Å². The number of hydrogen-bond acceptors (Lipinski definition) is 6. The minimum absolute atomic E-state index is 0.0709. The van der Waals surface area contributed by atoms with Crippen LogP contribution in [0.25, 0.3) is 10.9 Å². The number of aromatic amines is 1. The number of unbranched alkanes of at least 4 members (excludes halogenated alkanes) is 1. The topological polar surface area (TPSA) is 128 Å². The van der Waals surface area contributed by atoms with Gasteiger partial charge in [-0.25, -0.2) is 13.8 Å². The van der Waals surface area contributed by atoms with Crippen LogP contribution in [0.3, 0.4) is 0 Å². The fourth-order valence-corrected chi connectivity index (χ4v) is 6.82. The van der Waals surface area contributed by atoms with Gasteiger partial charge in [0.2, 0.25) is 5.91 Å². The first kappa shape index (κ1) is 34.5. The number of pyridine rings is 1. The molecule has 4 heterocycles. The highest BCUT2D eigenvalue weighted by Gasteiger charge is 2.36. The fraction of sp³-hybridized carbons (Fsp3) is 0.342. The van der Waals surface area contributed by atoms with Crippen LogP contribution < -0.4 is 10.6 Å². The summed E-state index contributed by atoms with van der Waals surface area (Å²) in [5, 5.41) is 6.12. The summed E-state index contributed by atoms with van der Waals surface area (Å²) in [4.78, 5) is 61.0. The van der Waals surface area contributed by atoms with E-state index >= 15 is 8.78 Å². The van der Waals surface area contributed by atoms with Crippen molar-refractivity contribution in [3.8, 4) is 11.8 Å². The molecule has 2 unspecified atom stereocenters. The Morgan fingerprint density at radius 1 is 1.18 bits per heavy atom. The average Bonchev–Trinajstić information content (AvgIpc) is 3.82. The molecule has 2 aromatic carbocycles. The molecule has 0 radical (unpaired) electrons. The van der Waals surface area contributed by atoms with Crippen LogP contribution in [0.5, 0.6) is 0 Å². The van der Waals surface area contributed by atoms with Crippen molar-refractivity contribution in [2.75, 3.05) is 26.0 Å². The highest BCUT2D eigenvalue weighted by atomic mass is 19.1. The number of fused-ring (bicyclic) bond motifs is 2. The van der Waals surface area contributed by atoms with E-state index in [0.29, 0.717) is 35.6 Å². The Kier molecular flexibility index (Phi) is 10.3. The van der Waals surface area contributed by atoms with Crippen molar-refractivity contribution in [2.45, 2.75) is 63.6 Å². The normalized spacial score (nSPS) is 16.2. The van der Waals surface area contributed by atoms with Crippen molar-refractivity contribution in [1.82, 2.24) is 25.1 Å². The lowest BCUT2D eigenvalue weighted by Crippen LogP contribution is -2.46. The Bertz CT molecular complexity index is 2010. The van der Waals surface area contributed by atoms with Crippen LogP contribution in [-0.4, -0.2) is 70.5 Å². The molecule has 10 nitrogen and oxygen atoms in total. The minimum Gasteiger partial charge on any atom is -0.357 e. The zero-order valence-corrected chi connectivity index (χ0v) is 27.9. The fourth-order valence-electron chi connectivity index (χ4n) is 6.82. The largest absolute Gasteiger partial charge is 0.357 e. The molecule has 50 heavy (non-hydrogen) atoms. The van der Waals surface area contributed by atoms with Crippen molar-refractivity contribution in [3.05, 3.63) is 93.8 Å². The van der Waals surface area contributed by atoms with Gasteiger partial charge in [0.25, 0.3) is 11.8 Å². The summed E-state index contributed by atoms with van der Waals surface area (Å²) in [6.45, 7) is 1.22. The lowest BCUT2D eigenvalue weighted by Gasteiger charge is -2.25. The van der Waals surface area contributed by atoms with E-state index in [1.54, 1.807) is 30.5 Å². The van der Waals surface area contributed by atoms with Gasteiger partial charge in [0.05, 0.1) is 5.52 Å². The number of aromatic nitrogens is 2. The van der Waals surface area contributed by atoms with Gasteiger partial charge in [0, 0.05) is 78.1 Å². The van der Waals surface area contributed by atoms with E-state index in [9.17, 15) is 19.2 Å². The Balaban J connectivity index is 1.06. The van der Waals surface area contributed by atoms with Crippen LogP contribution in [0, 0.1) is 23.5 Å². The van der Waals surface area contributed by atoms with Gasteiger partial charge in [-0.15, -0.1) is 0 Å². The molecule has 6 rings (SSSR count). The maximum Gasteiger partial charge on any atom is 0.257 e. The number of carbonyl (C=O) groups excluding carboxylic acids is 4. The maximum atomic E-state index is 15.1. The van der Waals surface area contributed by atoms with E-state index in [0.717, 1.165) is 54.4 Å². The van der Waals surface area contributed by atoms with E-state index in [-0.39, 0.29) is 54.6 Å². The maximum absolute atomic E-state index is 15.1.